The first-order valence-electron chi connectivity index (χ1n) is 10.9. The van der Waals surface area contributed by atoms with Crippen molar-refractivity contribution in [3.8, 4) is 33.8 Å². The first-order valence-corrected chi connectivity index (χ1v) is 10.9. The van der Waals surface area contributed by atoms with Gasteiger partial charge in [0.1, 0.15) is 0 Å². The Bertz CT molecular complexity index is 1780. The van der Waals surface area contributed by atoms with Crippen molar-refractivity contribution in [2.24, 2.45) is 0 Å². The number of nitrogens with one attached hydrogen (secondary N) is 3. The van der Waals surface area contributed by atoms with Crippen LogP contribution in [0.15, 0.2) is 97.6 Å². The number of hydrogen-bond acceptors (Lipinski definition) is 2. The second kappa shape index (κ2) is 6.93. The molecule has 7 aromatic rings. The van der Waals surface area contributed by atoms with Gasteiger partial charge in [-0.1, -0.05) is 54.6 Å². The Balaban J connectivity index is 1.53. The number of fused-ring (bicyclic) bond motifs is 3. The second-order valence-corrected chi connectivity index (χ2v) is 8.20. The van der Waals surface area contributed by atoms with Crippen LogP contribution < -0.4 is 0 Å². The first kappa shape index (κ1) is 18.0. The van der Waals surface area contributed by atoms with Crippen molar-refractivity contribution in [3.05, 3.63) is 97.6 Å². The zero-order valence-corrected chi connectivity index (χ0v) is 17.6. The van der Waals surface area contributed by atoms with Gasteiger partial charge in [-0.3, -0.25) is 4.98 Å². The minimum atomic E-state index is 0.844. The van der Waals surface area contributed by atoms with E-state index in [4.69, 9.17) is 9.97 Å². The van der Waals surface area contributed by atoms with E-state index in [-0.39, 0.29) is 0 Å². The topological polar surface area (TPSA) is 73.2 Å². The fraction of sp³-hybridized carbons (Fsp3) is 0. The Morgan fingerprint density at radius 1 is 0.485 bits per heavy atom. The van der Waals surface area contributed by atoms with E-state index in [1.54, 1.807) is 0 Å². The van der Waals surface area contributed by atoms with Gasteiger partial charge < -0.3 is 15.0 Å². The molecule has 0 amide bonds. The van der Waals surface area contributed by atoms with Crippen molar-refractivity contribution in [2.45, 2.75) is 0 Å². The summed E-state index contributed by atoms with van der Waals surface area (Å²) >= 11 is 0. The van der Waals surface area contributed by atoms with E-state index in [2.05, 4.69) is 63.5 Å². The van der Waals surface area contributed by atoms with Gasteiger partial charge in [0, 0.05) is 68.0 Å². The molecule has 7 rings (SSSR count). The number of hydrogen-bond donors (Lipinski definition) is 3. The average molecular weight is 425 g/mol. The van der Waals surface area contributed by atoms with E-state index in [0.29, 0.717) is 0 Å². The molecule has 4 aromatic heterocycles. The van der Waals surface area contributed by atoms with Gasteiger partial charge in [0.25, 0.3) is 0 Å². The lowest BCUT2D eigenvalue weighted by atomic mass is 10.0. The molecule has 5 heteroatoms. The van der Waals surface area contributed by atoms with Gasteiger partial charge in [0.2, 0.25) is 0 Å². The molecule has 33 heavy (non-hydrogen) atoms. The summed E-state index contributed by atoms with van der Waals surface area (Å²) in [5, 5.41) is 3.40. The molecule has 5 nitrogen and oxygen atoms in total. The molecule has 0 bridgehead atoms. The van der Waals surface area contributed by atoms with Gasteiger partial charge >= 0.3 is 0 Å². The highest BCUT2D eigenvalue weighted by Crippen LogP contribution is 2.38. The highest BCUT2D eigenvalue weighted by Gasteiger charge is 2.19. The van der Waals surface area contributed by atoms with Crippen LogP contribution >= 0.6 is 0 Å². The third-order valence-corrected chi connectivity index (χ3v) is 6.33. The van der Waals surface area contributed by atoms with Gasteiger partial charge in [0.15, 0.2) is 0 Å². The van der Waals surface area contributed by atoms with Crippen molar-refractivity contribution in [3.63, 3.8) is 0 Å². The van der Waals surface area contributed by atoms with Gasteiger partial charge in [-0.15, -0.1) is 0 Å². The predicted molar refractivity (Wildman–Crippen MR) is 134 cm³/mol. The second-order valence-electron chi connectivity index (χ2n) is 8.20. The van der Waals surface area contributed by atoms with E-state index < -0.39 is 0 Å². The van der Waals surface area contributed by atoms with Crippen LogP contribution in [0.1, 0.15) is 0 Å². The third kappa shape index (κ3) is 2.72. The van der Waals surface area contributed by atoms with Crippen LogP contribution in [0, 0.1) is 0 Å². The first-order chi connectivity index (χ1) is 16.4. The number of benzene rings is 3. The molecular formula is C28H19N5. The van der Waals surface area contributed by atoms with E-state index >= 15 is 0 Å². The van der Waals surface area contributed by atoms with E-state index in [9.17, 15) is 0 Å². The monoisotopic (exact) mass is 425 g/mol. The van der Waals surface area contributed by atoms with Crippen LogP contribution in [0.25, 0.3) is 66.5 Å². The van der Waals surface area contributed by atoms with Crippen LogP contribution in [0.4, 0.5) is 0 Å². The average Bonchev–Trinajstić information content (AvgIpc) is 3.60. The number of nitrogens with zero attached hydrogens (tertiary/aromatic N) is 2. The number of para-hydroxylation sites is 3. The van der Waals surface area contributed by atoms with Gasteiger partial charge in [0.05, 0.1) is 23.3 Å². The summed E-state index contributed by atoms with van der Waals surface area (Å²) in [6.45, 7) is 0. The molecule has 0 radical (unpaired) electrons. The van der Waals surface area contributed by atoms with E-state index in [1.165, 1.54) is 0 Å². The Morgan fingerprint density at radius 2 is 0.939 bits per heavy atom. The van der Waals surface area contributed by atoms with Crippen molar-refractivity contribution in [1.82, 2.24) is 24.9 Å². The number of aromatic nitrogens is 5. The molecule has 3 N–H and O–H groups in total. The quantitative estimate of drug-likeness (QED) is 0.287. The largest absolute Gasteiger partial charge is 0.360 e. The highest BCUT2D eigenvalue weighted by molar-refractivity contribution is 6.03. The van der Waals surface area contributed by atoms with Gasteiger partial charge in [-0.25, -0.2) is 4.98 Å². The molecular weight excluding hydrogens is 406 g/mol. The standard InChI is InChI=1S/C28H19N5/c1-4-10-23-17(7-1)20(13-29-23)26-16-32-27(21-14-30-24-11-5-2-8-18(21)24)28(33-26)22-15-31-25-12-6-3-9-19(22)25/h1-16,29-31H. The lowest BCUT2D eigenvalue weighted by molar-refractivity contribution is 1.22. The molecule has 0 unspecified atom stereocenters. The molecule has 0 aliphatic heterocycles. The Morgan fingerprint density at radius 3 is 1.52 bits per heavy atom. The number of H-pyrrole nitrogens is 3. The van der Waals surface area contributed by atoms with E-state index in [1.807, 2.05) is 49.1 Å². The molecule has 0 saturated carbocycles. The lowest BCUT2D eigenvalue weighted by Gasteiger charge is -2.10. The molecule has 0 aliphatic rings. The maximum atomic E-state index is 5.20. The van der Waals surface area contributed by atoms with E-state index in [0.717, 1.165) is 66.5 Å². The van der Waals surface area contributed by atoms with Gasteiger partial charge in [-0.2, -0.15) is 0 Å². The third-order valence-electron chi connectivity index (χ3n) is 6.33. The summed E-state index contributed by atoms with van der Waals surface area (Å²) in [4.78, 5) is 20.3. The Labute approximate surface area is 189 Å². The summed E-state index contributed by atoms with van der Waals surface area (Å²) in [6.07, 6.45) is 7.95. The van der Waals surface area contributed by atoms with Crippen molar-refractivity contribution < 1.29 is 0 Å². The smallest absolute Gasteiger partial charge is 0.0995 e. The van der Waals surface area contributed by atoms with Crippen molar-refractivity contribution in [2.75, 3.05) is 0 Å². The summed E-state index contributed by atoms with van der Waals surface area (Å²) < 4.78 is 0. The normalized spacial score (nSPS) is 11.6. The summed E-state index contributed by atoms with van der Waals surface area (Å²) in [7, 11) is 0. The maximum Gasteiger partial charge on any atom is 0.0995 e. The van der Waals surface area contributed by atoms with Gasteiger partial charge in [-0.05, 0) is 18.2 Å². The molecule has 4 heterocycles. The molecule has 0 atom stereocenters. The molecule has 0 fully saturated rings. The van der Waals surface area contributed by atoms with Crippen molar-refractivity contribution >= 4 is 32.7 Å². The zero-order chi connectivity index (χ0) is 21.8. The summed E-state index contributed by atoms with van der Waals surface area (Å²) in [6, 6.07) is 24.9. The molecule has 3 aromatic carbocycles. The molecule has 0 aliphatic carbocycles. The minimum Gasteiger partial charge on any atom is -0.360 e. The van der Waals surface area contributed by atoms with Crippen LogP contribution in [0.2, 0.25) is 0 Å². The molecule has 0 saturated heterocycles. The Hall–Kier alpha value is -4.64. The Kier molecular flexibility index (Phi) is 3.78. The number of aromatic amines is 3. The molecule has 156 valence electrons. The fourth-order valence-corrected chi connectivity index (χ4v) is 4.72. The van der Waals surface area contributed by atoms with Crippen LogP contribution in [0.5, 0.6) is 0 Å². The molecule has 0 spiro atoms. The lowest BCUT2D eigenvalue weighted by Crippen LogP contribution is -1.95. The van der Waals surface area contributed by atoms with Crippen LogP contribution in [0.3, 0.4) is 0 Å². The zero-order valence-electron chi connectivity index (χ0n) is 17.6. The fourth-order valence-electron chi connectivity index (χ4n) is 4.72. The maximum absolute atomic E-state index is 5.20. The van der Waals surface area contributed by atoms with Crippen LogP contribution in [-0.2, 0) is 0 Å². The summed E-state index contributed by atoms with van der Waals surface area (Å²) in [5.74, 6) is 0. The van der Waals surface area contributed by atoms with Crippen LogP contribution in [-0.4, -0.2) is 24.9 Å². The van der Waals surface area contributed by atoms with Crippen molar-refractivity contribution in [1.29, 1.82) is 0 Å². The highest BCUT2D eigenvalue weighted by atomic mass is 14.9. The minimum absolute atomic E-state index is 0.844. The SMILES string of the molecule is c1ccc2c(-c3cnc(-c4c[nH]c5ccccc45)c(-c4c[nH]c5ccccc45)n3)c[nH]c2c1. The number of rotatable bonds is 3. The summed E-state index contributed by atoms with van der Waals surface area (Å²) in [5.41, 5.74) is 8.95. The predicted octanol–water partition coefficient (Wildman–Crippen LogP) is 6.92.